The number of aromatic amines is 1. The summed E-state index contributed by atoms with van der Waals surface area (Å²) in [6.45, 7) is 3.54. The van der Waals surface area contributed by atoms with Gasteiger partial charge in [0.1, 0.15) is 0 Å². The largest absolute Gasteiger partial charge is 0.383 e. The molecule has 7 nitrogen and oxygen atoms in total. The van der Waals surface area contributed by atoms with E-state index in [1.807, 2.05) is 22.1 Å². The molecule has 0 aliphatic heterocycles. The van der Waals surface area contributed by atoms with Crippen LogP contribution in [0.3, 0.4) is 0 Å². The van der Waals surface area contributed by atoms with Gasteiger partial charge in [0.2, 0.25) is 0 Å². The Balaban J connectivity index is 2.29. The summed E-state index contributed by atoms with van der Waals surface area (Å²) >= 11 is 1.55. The third-order valence-electron chi connectivity index (χ3n) is 3.88. The third-order valence-corrected chi connectivity index (χ3v) is 4.75. The molecular weight excluding hydrogens is 328 g/mol. The summed E-state index contributed by atoms with van der Waals surface area (Å²) in [6.07, 6.45) is 1.80. The smallest absolute Gasteiger partial charge is 0.330 e. The average Bonchev–Trinajstić information content (AvgIpc) is 3.20. The molecule has 0 aliphatic carbocycles. The number of H-pyrrole nitrogens is 1. The molecular formula is C16H20N4O3S. The zero-order valence-corrected chi connectivity index (χ0v) is 14.6. The molecule has 0 fully saturated rings. The lowest BCUT2D eigenvalue weighted by atomic mass is 10.3. The fraction of sp³-hybridized carbons (Fsp3) is 0.438. The van der Waals surface area contributed by atoms with Crippen molar-refractivity contribution in [1.82, 2.24) is 19.1 Å². The highest BCUT2D eigenvalue weighted by atomic mass is 32.1. The lowest BCUT2D eigenvalue weighted by Crippen LogP contribution is -2.31. The van der Waals surface area contributed by atoms with Gasteiger partial charge in [0.15, 0.2) is 17.0 Å². The van der Waals surface area contributed by atoms with E-state index >= 15 is 0 Å². The lowest BCUT2D eigenvalue weighted by molar-refractivity contribution is 0.188. The molecule has 3 rings (SSSR count). The number of thiophene rings is 1. The second-order valence-corrected chi connectivity index (χ2v) is 6.44. The van der Waals surface area contributed by atoms with Gasteiger partial charge in [-0.15, -0.1) is 11.3 Å². The Morgan fingerprint density at radius 2 is 2.12 bits per heavy atom. The van der Waals surface area contributed by atoms with Gasteiger partial charge in [0, 0.05) is 20.2 Å². The number of nitrogens with zero attached hydrogens (tertiary/aromatic N) is 3. The number of fused-ring (bicyclic) bond motifs is 1. The number of aryl methyl sites for hydroxylation is 1. The van der Waals surface area contributed by atoms with Crippen LogP contribution in [0.5, 0.6) is 0 Å². The van der Waals surface area contributed by atoms with Crippen LogP contribution < -0.4 is 11.2 Å². The maximum absolute atomic E-state index is 12.4. The van der Waals surface area contributed by atoms with Crippen molar-refractivity contribution < 1.29 is 4.74 Å². The standard InChI is InChI=1S/C16H20N4O3S/c1-3-4-7-20-14-12(15(21)18-16(20)22)19(8-9-23-2)13(17-14)11-6-5-10-24-11/h5-6,10H,3-4,7-9H2,1-2H3,(H,18,21,22). The van der Waals surface area contributed by atoms with Crippen LogP contribution >= 0.6 is 11.3 Å². The predicted molar refractivity (Wildman–Crippen MR) is 94.7 cm³/mol. The van der Waals surface area contributed by atoms with E-state index in [4.69, 9.17) is 4.74 Å². The van der Waals surface area contributed by atoms with Crippen LogP contribution in [0.25, 0.3) is 21.9 Å². The van der Waals surface area contributed by atoms with Crippen LogP contribution in [0, 0.1) is 0 Å². The summed E-state index contributed by atoms with van der Waals surface area (Å²) in [6, 6.07) is 3.90. The van der Waals surface area contributed by atoms with Crippen molar-refractivity contribution in [2.45, 2.75) is 32.9 Å². The summed E-state index contributed by atoms with van der Waals surface area (Å²) in [7, 11) is 1.62. The fourth-order valence-electron chi connectivity index (χ4n) is 2.69. The number of nitrogens with one attached hydrogen (secondary N) is 1. The van der Waals surface area contributed by atoms with Crippen molar-refractivity contribution in [2.75, 3.05) is 13.7 Å². The topological polar surface area (TPSA) is 81.9 Å². The third kappa shape index (κ3) is 2.94. The number of rotatable bonds is 7. The molecule has 0 aromatic carbocycles. The molecule has 0 saturated heterocycles. The van der Waals surface area contributed by atoms with Gasteiger partial charge < -0.3 is 9.30 Å². The number of methoxy groups -OCH3 is 1. The molecule has 0 atom stereocenters. The van der Waals surface area contributed by atoms with Gasteiger partial charge >= 0.3 is 5.69 Å². The minimum atomic E-state index is -0.408. The van der Waals surface area contributed by atoms with Crippen molar-refractivity contribution in [2.24, 2.45) is 0 Å². The summed E-state index contributed by atoms with van der Waals surface area (Å²) < 4.78 is 8.56. The van der Waals surface area contributed by atoms with Gasteiger partial charge in [0.05, 0.1) is 11.5 Å². The maximum atomic E-state index is 12.4. The second kappa shape index (κ2) is 7.14. The van der Waals surface area contributed by atoms with E-state index in [0.717, 1.165) is 17.7 Å². The van der Waals surface area contributed by atoms with E-state index in [-0.39, 0.29) is 0 Å². The zero-order chi connectivity index (χ0) is 17.1. The number of unbranched alkanes of at least 4 members (excludes halogenated alkanes) is 1. The molecule has 0 unspecified atom stereocenters. The molecule has 0 bridgehead atoms. The van der Waals surface area contributed by atoms with Crippen molar-refractivity contribution in [3.8, 4) is 10.7 Å². The van der Waals surface area contributed by atoms with E-state index in [0.29, 0.717) is 36.7 Å². The van der Waals surface area contributed by atoms with Crippen LogP contribution in [0.2, 0.25) is 0 Å². The normalized spacial score (nSPS) is 11.4. The average molecular weight is 348 g/mol. The van der Waals surface area contributed by atoms with Crippen LogP contribution in [0.1, 0.15) is 19.8 Å². The second-order valence-electron chi connectivity index (χ2n) is 5.49. The van der Waals surface area contributed by atoms with Gasteiger partial charge in [-0.3, -0.25) is 14.3 Å². The minimum Gasteiger partial charge on any atom is -0.383 e. The summed E-state index contributed by atoms with van der Waals surface area (Å²) in [5.74, 6) is 0.693. The van der Waals surface area contributed by atoms with Crippen molar-refractivity contribution in [3.63, 3.8) is 0 Å². The predicted octanol–water partition coefficient (Wildman–Crippen LogP) is 2.06. The Labute approximate surface area is 142 Å². The fourth-order valence-corrected chi connectivity index (χ4v) is 3.41. The van der Waals surface area contributed by atoms with E-state index < -0.39 is 11.2 Å². The monoisotopic (exact) mass is 348 g/mol. The number of ether oxygens (including phenoxy) is 1. The Morgan fingerprint density at radius 1 is 1.29 bits per heavy atom. The number of hydrogen-bond acceptors (Lipinski definition) is 5. The van der Waals surface area contributed by atoms with Crippen LogP contribution in [-0.4, -0.2) is 32.8 Å². The molecule has 3 heterocycles. The molecule has 0 saturated carbocycles. The molecule has 0 spiro atoms. The quantitative estimate of drug-likeness (QED) is 0.708. The SMILES string of the molecule is CCCCn1c(=O)[nH]c(=O)c2c1nc(-c1cccs1)n2CCOC. The lowest BCUT2D eigenvalue weighted by Gasteiger charge is -2.07. The van der Waals surface area contributed by atoms with Crippen molar-refractivity contribution >= 4 is 22.5 Å². The first-order valence-electron chi connectivity index (χ1n) is 7.93. The Kier molecular flexibility index (Phi) is 4.96. The highest BCUT2D eigenvalue weighted by Crippen LogP contribution is 2.26. The molecule has 1 N–H and O–H groups in total. The van der Waals surface area contributed by atoms with Crippen LogP contribution in [-0.2, 0) is 17.8 Å². The highest BCUT2D eigenvalue weighted by molar-refractivity contribution is 7.13. The van der Waals surface area contributed by atoms with Gasteiger partial charge in [-0.05, 0) is 17.9 Å². The van der Waals surface area contributed by atoms with Gasteiger partial charge in [-0.25, -0.2) is 9.78 Å². The Hall–Kier alpha value is -2.19. The van der Waals surface area contributed by atoms with Gasteiger partial charge in [-0.1, -0.05) is 19.4 Å². The molecule has 3 aromatic rings. The maximum Gasteiger partial charge on any atom is 0.330 e. The summed E-state index contributed by atoms with van der Waals surface area (Å²) in [5, 5.41) is 1.96. The molecule has 8 heteroatoms. The first-order valence-corrected chi connectivity index (χ1v) is 8.81. The summed E-state index contributed by atoms with van der Waals surface area (Å²) in [5.41, 5.74) is 0.0482. The van der Waals surface area contributed by atoms with Crippen LogP contribution in [0.4, 0.5) is 0 Å². The number of hydrogen-bond donors (Lipinski definition) is 1. The highest BCUT2D eigenvalue weighted by Gasteiger charge is 2.19. The molecule has 128 valence electrons. The number of imidazole rings is 1. The van der Waals surface area contributed by atoms with E-state index in [9.17, 15) is 9.59 Å². The Morgan fingerprint density at radius 3 is 2.79 bits per heavy atom. The van der Waals surface area contributed by atoms with Gasteiger partial charge in [-0.2, -0.15) is 0 Å². The number of aromatic nitrogens is 4. The minimum absolute atomic E-state index is 0.407. The Bertz CT molecular complexity index is 937. The molecule has 0 aliphatic rings. The van der Waals surface area contributed by atoms with Crippen molar-refractivity contribution in [3.05, 3.63) is 38.4 Å². The zero-order valence-electron chi connectivity index (χ0n) is 13.7. The van der Waals surface area contributed by atoms with Crippen molar-refractivity contribution in [1.29, 1.82) is 0 Å². The van der Waals surface area contributed by atoms with E-state index in [2.05, 4.69) is 16.9 Å². The molecule has 0 radical (unpaired) electrons. The molecule has 24 heavy (non-hydrogen) atoms. The summed E-state index contributed by atoms with van der Waals surface area (Å²) in [4.78, 5) is 32.7. The van der Waals surface area contributed by atoms with E-state index in [1.165, 1.54) is 0 Å². The first-order chi connectivity index (χ1) is 11.7. The molecule has 0 amide bonds. The van der Waals surface area contributed by atoms with E-state index in [1.54, 1.807) is 23.0 Å². The molecule has 3 aromatic heterocycles. The van der Waals surface area contributed by atoms with Gasteiger partial charge in [0.25, 0.3) is 5.56 Å². The van der Waals surface area contributed by atoms with Crippen LogP contribution in [0.15, 0.2) is 27.1 Å². The first kappa shape index (κ1) is 16.7.